The lowest BCUT2D eigenvalue weighted by atomic mass is 9.46. The van der Waals surface area contributed by atoms with Crippen molar-refractivity contribution in [2.24, 2.45) is 45.3 Å². The van der Waals surface area contributed by atoms with E-state index in [0.29, 0.717) is 22.2 Å². The Labute approximate surface area is 262 Å². The fraction of sp³-hybridized carbons (Fsp3) is 1.00. The molecule has 12 atom stereocenters. The molecule has 2 spiro atoms. The van der Waals surface area contributed by atoms with E-state index < -0.39 is 11.7 Å². The van der Waals surface area contributed by atoms with Gasteiger partial charge >= 0.3 is 0 Å². The Bertz CT molecular complexity index is 1040. The summed E-state index contributed by atoms with van der Waals surface area (Å²) in [7, 11) is 0. The number of hydrogen-bond donors (Lipinski definition) is 2. The van der Waals surface area contributed by atoms with E-state index in [2.05, 4.69) is 32.6 Å². The van der Waals surface area contributed by atoms with Crippen LogP contribution in [0.25, 0.3) is 0 Å². The van der Waals surface area contributed by atoms with Crippen LogP contribution >= 0.6 is 0 Å². The summed E-state index contributed by atoms with van der Waals surface area (Å²) in [6.07, 6.45) is 11.7. The van der Waals surface area contributed by atoms with Crippen molar-refractivity contribution in [3.63, 3.8) is 0 Å². The maximum absolute atomic E-state index is 10.8. The number of fused-ring (bicyclic) bond motifs is 4. The second-order valence-electron chi connectivity index (χ2n) is 17.4. The predicted molar refractivity (Wildman–Crippen MR) is 168 cm³/mol. The van der Waals surface area contributed by atoms with Crippen LogP contribution in [0.15, 0.2) is 0 Å². The zero-order chi connectivity index (χ0) is 30.4. The molecule has 0 radical (unpaired) electrons. The first-order valence-corrected chi connectivity index (χ1v) is 18.0. The van der Waals surface area contributed by atoms with Crippen LogP contribution in [-0.2, 0) is 18.9 Å². The van der Waals surface area contributed by atoms with Crippen LogP contribution in [0, 0.1) is 45.3 Å². The van der Waals surface area contributed by atoms with Crippen molar-refractivity contribution in [2.75, 3.05) is 39.5 Å². The molecule has 9 unspecified atom stereocenters. The fourth-order valence-corrected chi connectivity index (χ4v) is 12.7. The maximum atomic E-state index is 10.8. The molecule has 43 heavy (non-hydrogen) atoms. The van der Waals surface area contributed by atoms with E-state index in [1.165, 1.54) is 38.5 Å². The lowest BCUT2D eigenvalue weighted by Gasteiger charge is -2.60. The van der Waals surface area contributed by atoms with E-state index >= 15 is 0 Å². The highest BCUT2D eigenvalue weighted by Gasteiger charge is 2.80. The van der Waals surface area contributed by atoms with Crippen LogP contribution in [0.4, 0.5) is 0 Å². The summed E-state index contributed by atoms with van der Waals surface area (Å²) in [5, 5.41) is 21.3. The quantitative estimate of drug-likeness (QED) is 0.346. The van der Waals surface area contributed by atoms with Gasteiger partial charge < -0.3 is 29.2 Å². The minimum absolute atomic E-state index is 0. The minimum atomic E-state index is -1.13. The van der Waals surface area contributed by atoms with Gasteiger partial charge in [-0.15, -0.1) is 0 Å². The second-order valence-corrected chi connectivity index (χ2v) is 17.4. The Hall–Kier alpha value is -0.280. The molecule has 7 nitrogen and oxygen atoms in total. The van der Waals surface area contributed by atoms with Crippen molar-refractivity contribution in [1.82, 2.24) is 4.90 Å². The first kappa shape index (κ1) is 31.3. The Morgan fingerprint density at radius 1 is 1.00 bits per heavy atom. The summed E-state index contributed by atoms with van der Waals surface area (Å²) in [6, 6.07) is 0. The summed E-state index contributed by atoms with van der Waals surface area (Å²) in [6.45, 7) is 18.2. The molecular formula is C36H63NO6. The molecule has 7 heteroatoms. The molecule has 5 aliphatic carbocycles. The SMILES string of the molecule is CCOCCN1CCOC(O[C@H]2CCC34C[C@]35CCC3(C)C6CCC([C@H](O)C(C)(C)O)OC6CC3C5CCC4C2(C)C)C1.[HH]. The molecule has 7 fully saturated rings. The number of rotatable bonds is 8. The molecule has 248 valence electrons. The van der Waals surface area contributed by atoms with Gasteiger partial charge in [0, 0.05) is 27.7 Å². The summed E-state index contributed by atoms with van der Waals surface area (Å²) < 4.78 is 25.3. The number of aliphatic hydroxyl groups is 2. The molecule has 5 saturated carbocycles. The molecular weight excluding hydrogens is 542 g/mol. The summed E-state index contributed by atoms with van der Waals surface area (Å²) in [5.41, 5.74) is 0.379. The molecule has 2 heterocycles. The Balaban J connectivity index is 0.00000343. The fourth-order valence-electron chi connectivity index (χ4n) is 12.7. The lowest BCUT2D eigenvalue weighted by molar-refractivity contribution is -0.245. The maximum Gasteiger partial charge on any atom is 0.170 e. The van der Waals surface area contributed by atoms with Gasteiger partial charge in [-0.2, -0.15) is 0 Å². The number of aliphatic hydroxyl groups excluding tert-OH is 1. The number of nitrogens with zero attached hydrogens (tertiary/aromatic N) is 1. The summed E-state index contributed by atoms with van der Waals surface area (Å²) in [4.78, 5) is 2.44. The molecule has 2 aliphatic heterocycles. The van der Waals surface area contributed by atoms with Crippen LogP contribution in [0.1, 0.15) is 107 Å². The van der Waals surface area contributed by atoms with Crippen molar-refractivity contribution >= 4 is 0 Å². The van der Waals surface area contributed by atoms with Crippen molar-refractivity contribution in [2.45, 2.75) is 142 Å². The van der Waals surface area contributed by atoms with E-state index in [9.17, 15) is 10.2 Å². The molecule has 7 aliphatic rings. The molecule has 7 rings (SSSR count). The van der Waals surface area contributed by atoms with Gasteiger partial charge in [-0.25, -0.2) is 0 Å². The number of morpholine rings is 1. The van der Waals surface area contributed by atoms with Gasteiger partial charge in [0.15, 0.2) is 6.29 Å². The van der Waals surface area contributed by atoms with Gasteiger partial charge in [0.1, 0.15) is 6.10 Å². The molecule has 0 aromatic rings. The largest absolute Gasteiger partial charge is 0.388 e. The Kier molecular flexibility index (Phi) is 7.93. The van der Waals surface area contributed by atoms with Gasteiger partial charge in [-0.3, -0.25) is 4.90 Å². The highest BCUT2D eigenvalue weighted by atomic mass is 16.7. The molecule has 0 amide bonds. The average Bonchev–Trinajstić information content (AvgIpc) is 3.54. The number of hydrogen-bond acceptors (Lipinski definition) is 7. The highest BCUT2D eigenvalue weighted by Crippen LogP contribution is 2.87. The van der Waals surface area contributed by atoms with Crippen molar-refractivity contribution < 1.29 is 30.6 Å². The number of ether oxygens (including phenoxy) is 4. The molecule has 0 aromatic heterocycles. The van der Waals surface area contributed by atoms with Crippen LogP contribution in [-0.4, -0.2) is 90.9 Å². The Morgan fingerprint density at radius 3 is 2.56 bits per heavy atom. The van der Waals surface area contributed by atoms with Gasteiger partial charge in [0.25, 0.3) is 0 Å². The van der Waals surface area contributed by atoms with Crippen LogP contribution in [0.2, 0.25) is 0 Å². The van der Waals surface area contributed by atoms with Crippen molar-refractivity contribution in [1.29, 1.82) is 0 Å². The molecule has 2 saturated heterocycles. The van der Waals surface area contributed by atoms with Gasteiger partial charge in [-0.05, 0) is 130 Å². The average molecular weight is 606 g/mol. The summed E-state index contributed by atoms with van der Waals surface area (Å²) in [5.74, 6) is 2.85. The smallest absolute Gasteiger partial charge is 0.170 e. The summed E-state index contributed by atoms with van der Waals surface area (Å²) >= 11 is 0. The molecule has 2 N–H and O–H groups in total. The monoisotopic (exact) mass is 605 g/mol. The topological polar surface area (TPSA) is 80.6 Å². The standard InChI is InChI=1S/C36H61NO6.H2/c1-7-40-18-16-37-17-19-41-30(21-37)43-29-12-13-36-22-35(36)15-14-34(6)24-8-10-26(31(38)33(4,5)39)42-27(24)20-25(34)23(35)9-11-28(36)32(29,2)3;/h23-31,38-39H,7-22H2,1-6H3;1H/t23?,24?,25?,26?,27?,28?,29-,30?,31-,34?,35-,36?;/m0./s1. The van der Waals surface area contributed by atoms with Crippen molar-refractivity contribution in [3.05, 3.63) is 0 Å². The van der Waals surface area contributed by atoms with Gasteiger partial charge in [0.2, 0.25) is 0 Å². The van der Waals surface area contributed by atoms with Crippen molar-refractivity contribution in [3.8, 4) is 0 Å². The third-order valence-corrected chi connectivity index (χ3v) is 14.8. The van der Waals surface area contributed by atoms with Crippen LogP contribution in [0.3, 0.4) is 0 Å². The van der Waals surface area contributed by atoms with E-state index in [1.54, 1.807) is 13.8 Å². The van der Waals surface area contributed by atoms with Crippen LogP contribution in [0.5, 0.6) is 0 Å². The first-order chi connectivity index (χ1) is 20.4. The normalized spacial score (nSPS) is 49.7. The predicted octanol–water partition coefficient (Wildman–Crippen LogP) is 5.65. The van der Waals surface area contributed by atoms with E-state index in [4.69, 9.17) is 18.9 Å². The molecule has 0 bridgehead atoms. The van der Waals surface area contributed by atoms with E-state index in [1.807, 2.05) is 0 Å². The van der Waals surface area contributed by atoms with E-state index in [0.717, 1.165) is 82.9 Å². The zero-order valence-corrected chi connectivity index (χ0v) is 28.0. The lowest BCUT2D eigenvalue weighted by Crippen LogP contribution is -2.56. The second kappa shape index (κ2) is 10.9. The van der Waals surface area contributed by atoms with Gasteiger partial charge in [0.05, 0.1) is 37.1 Å². The minimum Gasteiger partial charge on any atom is -0.388 e. The third-order valence-electron chi connectivity index (χ3n) is 14.8. The van der Waals surface area contributed by atoms with Gasteiger partial charge in [-0.1, -0.05) is 20.8 Å². The first-order valence-electron chi connectivity index (χ1n) is 18.0. The highest BCUT2D eigenvalue weighted by molar-refractivity contribution is 5.29. The van der Waals surface area contributed by atoms with E-state index in [-0.39, 0.29) is 31.4 Å². The third kappa shape index (κ3) is 4.83. The Morgan fingerprint density at radius 2 is 1.79 bits per heavy atom. The van der Waals surface area contributed by atoms with Crippen LogP contribution < -0.4 is 0 Å². The molecule has 0 aromatic carbocycles. The zero-order valence-electron chi connectivity index (χ0n) is 28.0.